The molecule has 1 amide bonds. The lowest BCUT2D eigenvalue weighted by molar-refractivity contribution is 0.102. The second kappa shape index (κ2) is 6.66. The first-order valence-electron chi connectivity index (χ1n) is 9.23. The van der Waals surface area contributed by atoms with Gasteiger partial charge in [-0.1, -0.05) is 0 Å². The molecule has 0 aliphatic carbocycles. The van der Waals surface area contributed by atoms with Gasteiger partial charge in [0.05, 0.1) is 23.4 Å². The molecule has 0 fully saturated rings. The Kier molecular flexibility index (Phi) is 3.97. The molecule has 1 aromatic carbocycles. The van der Waals surface area contributed by atoms with Gasteiger partial charge in [0, 0.05) is 17.8 Å². The van der Waals surface area contributed by atoms with Gasteiger partial charge in [0.15, 0.2) is 22.9 Å². The molecule has 0 spiro atoms. The number of aromatic nitrogens is 3. The zero-order valence-corrected chi connectivity index (χ0v) is 15.9. The van der Waals surface area contributed by atoms with E-state index in [0.717, 1.165) is 0 Å². The van der Waals surface area contributed by atoms with Crippen LogP contribution in [0.5, 0.6) is 11.5 Å². The number of anilines is 1. The van der Waals surface area contributed by atoms with Crippen LogP contribution in [-0.2, 0) is 0 Å². The maximum atomic E-state index is 13.2. The first-order valence-corrected chi connectivity index (χ1v) is 9.23. The average Bonchev–Trinajstić information content (AvgIpc) is 3.45. The highest BCUT2D eigenvalue weighted by molar-refractivity contribution is 6.12. The topological polar surface area (TPSA) is 91.4 Å². The molecule has 0 saturated carbocycles. The number of pyridine rings is 1. The van der Waals surface area contributed by atoms with Crippen molar-refractivity contribution >= 4 is 22.6 Å². The third-order valence-electron chi connectivity index (χ3n) is 4.70. The Morgan fingerprint density at radius 1 is 1.17 bits per heavy atom. The van der Waals surface area contributed by atoms with Crippen LogP contribution in [0.25, 0.3) is 22.5 Å². The second-order valence-electron chi connectivity index (χ2n) is 6.97. The summed E-state index contributed by atoms with van der Waals surface area (Å²) in [6.45, 7) is 4.21. The van der Waals surface area contributed by atoms with E-state index in [1.165, 1.54) is 0 Å². The van der Waals surface area contributed by atoms with Gasteiger partial charge in [0.1, 0.15) is 5.69 Å². The summed E-state index contributed by atoms with van der Waals surface area (Å²) in [6, 6.07) is 10.7. The molecule has 3 aromatic heterocycles. The van der Waals surface area contributed by atoms with Crippen molar-refractivity contribution in [3.63, 3.8) is 0 Å². The van der Waals surface area contributed by atoms with E-state index in [9.17, 15) is 4.79 Å². The molecule has 4 aromatic rings. The van der Waals surface area contributed by atoms with Gasteiger partial charge in [-0.2, -0.15) is 5.10 Å². The SMILES string of the molecule is CC(C)n1ncc2c(C(=O)Nc3ccc4c(c3)OCO4)cc(-c3ccco3)nc21. The van der Waals surface area contributed by atoms with Crippen molar-refractivity contribution in [2.75, 3.05) is 12.1 Å². The van der Waals surface area contributed by atoms with Crippen molar-refractivity contribution in [1.29, 1.82) is 0 Å². The molecular weight excluding hydrogens is 372 g/mol. The van der Waals surface area contributed by atoms with E-state index < -0.39 is 0 Å². The summed E-state index contributed by atoms with van der Waals surface area (Å²) in [7, 11) is 0. The highest BCUT2D eigenvalue weighted by Gasteiger charge is 2.20. The lowest BCUT2D eigenvalue weighted by Crippen LogP contribution is -2.13. The first kappa shape index (κ1) is 17.3. The Labute approximate surface area is 166 Å². The fourth-order valence-electron chi connectivity index (χ4n) is 3.31. The van der Waals surface area contributed by atoms with E-state index in [1.54, 1.807) is 47.5 Å². The number of furan rings is 1. The normalized spacial score (nSPS) is 12.7. The largest absolute Gasteiger partial charge is 0.463 e. The van der Waals surface area contributed by atoms with E-state index in [-0.39, 0.29) is 18.7 Å². The van der Waals surface area contributed by atoms with E-state index in [2.05, 4.69) is 15.4 Å². The van der Waals surface area contributed by atoms with E-state index in [1.807, 2.05) is 19.9 Å². The van der Waals surface area contributed by atoms with Gasteiger partial charge in [-0.3, -0.25) is 4.79 Å². The average molecular weight is 390 g/mol. The Morgan fingerprint density at radius 3 is 2.83 bits per heavy atom. The molecule has 1 aliphatic heterocycles. The number of carbonyl (C=O) groups excluding carboxylic acids is 1. The van der Waals surface area contributed by atoms with Crippen LogP contribution in [0.3, 0.4) is 0 Å². The van der Waals surface area contributed by atoms with E-state index in [4.69, 9.17) is 13.9 Å². The van der Waals surface area contributed by atoms with Crippen molar-refractivity contribution in [2.24, 2.45) is 0 Å². The molecule has 29 heavy (non-hydrogen) atoms. The van der Waals surface area contributed by atoms with Crippen molar-refractivity contribution in [2.45, 2.75) is 19.9 Å². The van der Waals surface area contributed by atoms with E-state index >= 15 is 0 Å². The van der Waals surface area contributed by atoms with Crippen LogP contribution < -0.4 is 14.8 Å². The fourth-order valence-corrected chi connectivity index (χ4v) is 3.31. The quantitative estimate of drug-likeness (QED) is 0.560. The molecule has 8 nitrogen and oxygen atoms in total. The lowest BCUT2D eigenvalue weighted by atomic mass is 10.1. The van der Waals surface area contributed by atoms with Crippen LogP contribution in [-0.4, -0.2) is 27.5 Å². The Balaban J connectivity index is 1.58. The third-order valence-corrected chi connectivity index (χ3v) is 4.70. The van der Waals surface area contributed by atoms with Gasteiger partial charge < -0.3 is 19.2 Å². The lowest BCUT2D eigenvalue weighted by Gasteiger charge is -2.10. The molecule has 0 radical (unpaired) electrons. The number of nitrogens with zero attached hydrogens (tertiary/aromatic N) is 3. The van der Waals surface area contributed by atoms with E-state index in [0.29, 0.717) is 45.2 Å². The zero-order chi connectivity index (χ0) is 20.0. The minimum atomic E-state index is -0.271. The summed E-state index contributed by atoms with van der Waals surface area (Å²) in [5.41, 5.74) is 2.27. The molecule has 0 bridgehead atoms. The summed E-state index contributed by atoms with van der Waals surface area (Å²) in [6.07, 6.45) is 3.25. The van der Waals surface area contributed by atoms with Crippen molar-refractivity contribution in [1.82, 2.24) is 14.8 Å². The number of rotatable bonds is 4. The summed E-state index contributed by atoms with van der Waals surface area (Å²) in [5, 5.41) is 8.02. The van der Waals surface area contributed by atoms with Crippen LogP contribution in [0.4, 0.5) is 5.69 Å². The monoisotopic (exact) mass is 390 g/mol. The van der Waals surface area contributed by atoms with Crippen LogP contribution in [0.15, 0.2) is 53.3 Å². The molecule has 1 N–H and O–H groups in total. The predicted molar refractivity (Wildman–Crippen MR) is 106 cm³/mol. The van der Waals surface area contributed by atoms with Crippen molar-refractivity contribution in [3.05, 3.63) is 54.4 Å². The number of amides is 1. The molecule has 8 heteroatoms. The second-order valence-corrected chi connectivity index (χ2v) is 6.97. The van der Waals surface area contributed by atoms with Gasteiger partial charge in [-0.05, 0) is 44.2 Å². The molecule has 0 unspecified atom stereocenters. The first-order chi connectivity index (χ1) is 14.1. The smallest absolute Gasteiger partial charge is 0.256 e. The molecular formula is C21H18N4O4. The number of hydrogen-bond donors (Lipinski definition) is 1. The van der Waals surface area contributed by atoms with Gasteiger partial charge >= 0.3 is 0 Å². The van der Waals surface area contributed by atoms with Crippen LogP contribution in [0.1, 0.15) is 30.2 Å². The summed E-state index contributed by atoms with van der Waals surface area (Å²) in [5.74, 6) is 1.58. The van der Waals surface area contributed by atoms with Gasteiger partial charge in [-0.15, -0.1) is 0 Å². The fraction of sp³-hybridized carbons (Fsp3) is 0.190. The van der Waals surface area contributed by atoms with Crippen LogP contribution >= 0.6 is 0 Å². The minimum Gasteiger partial charge on any atom is -0.463 e. The van der Waals surface area contributed by atoms with Crippen LogP contribution in [0, 0.1) is 0 Å². The number of hydrogen-bond acceptors (Lipinski definition) is 6. The number of carbonyl (C=O) groups is 1. The minimum absolute atomic E-state index is 0.0941. The van der Waals surface area contributed by atoms with Crippen LogP contribution in [0.2, 0.25) is 0 Å². The Morgan fingerprint density at radius 2 is 2.03 bits per heavy atom. The molecule has 0 atom stereocenters. The molecule has 0 saturated heterocycles. The summed E-state index contributed by atoms with van der Waals surface area (Å²) in [4.78, 5) is 17.8. The zero-order valence-electron chi connectivity index (χ0n) is 15.9. The predicted octanol–water partition coefficient (Wildman–Crippen LogP) is 4.25. The summed E-state index contributed by atoms with van der Waals surface area (Å²) < 4.78 is 18.0. The molecule has 146 valence electrons. The summed E-state index contributed by atoms with van der Waals surface area (Å²) >= 11 is 0. The Bertz CT molecular complexity index is 1210. The van der Waals surface area contributed by atoms with Crippen molar-refractivity contribution < 1.29 is 18.7 Å². The number of fused-ring (bicyclic) bond motifs is 2. The van der Waals surface area contributed by atoms with Gasteiger partial charge in [-0.25, -0.2) is 9.67 Å². The Hall–Kier alpha value is -3.81. The number of nitrogens with one attached hydrogen (secondary N) is 1. The molecule has 4 heterocycles. The third kappa shape index (κ3) is 2.98. The molecule has 5 rings (SSSR count). The highest BCUT2D eigenvalue weighted by atomic mass is 16.7. The van der Waals surface area contributed by atoms with Gasteiger partial charge in [0.2, 0.25) is 6.79 Å². The van der Waals surface area contributed by atoms with Gasteiger partial charge in [0.25, 0.3) is 5.91 Å². The maximum Gasteiger partial charge on any atom is 0.256 e. The van der Waals surface area contributed by atoms with Crippen molar-refractivity contribution in [3.8, 4) is 23.0 Å². The number of benzene rings is 1. The maximum absolute atomic E-state index is 13.2. The standard InChI is InChI=1S/C21H18N4O4/c1-12(2)25-20-15(10-22-25)14(9-16(24-20)17-4-3-7-27-17)21(26)23-13-5-6-18-19(8-13)29-11-28-18/h3-10,12H,11H2,1-2H3,(H,23,26). The highest BCUT2D eigenvalue weighted by Crippen LogP contribution is 2.34. The number of ether oxygens (including phenoxy) is 2. The molecule has 1 aliphatic rings.